The summed E-state index contributed by atoms with van der Waals surface area (Å²) in [5.41, 5.74) is 2.49. The summed E-state index contributed by atoms with van der Waals surface area (Å²) in [6.45, 7) is 4.31. The molecular formula is C16H23NO. The molecule has 98 valence electrons. The van der Waals surface area contributed by atoms with E-state index < -0.39 is 0 Å². The van der Waals surface area contributed by atoms with Gasteiger partial charge < -0.3 is 10.1 Å². The molecule has 2 atom stereocenters. The standard InChI is InChI=1S/C16H23NO/c1-12-9-10-15(16(11-12)18-3)13(2)17-14-7-5-4-6-8-14/h4-5,9-11,13-14,17H,6-8H2,1-3H3. The molecule has 0 heterocycles. The van der Waals surface area contributed by atoms with E-state index >= 15 is 0 Å². The van der Waals surface area contributed by atoms with Crippen LogP contribution in [0.2, 0.25) is 0 Å². The fourth-order valence-corrected chi connectivity index (χ4v) is 2.56. The first-order chi connectivity index (χ1) is 8.70. The lowest BCUT2D eigenvalue weighted by atomic mass is 9.98. The van der Waals surface area contributed by atoms with Gasteiger partial charge in [-0.1, -0.05) is 24.3 Å². The monoisotopic (exact) mass is 245 g/mol. The molecule has 0 radical (unpaired) electrons. The van der Waals surface area contributed by atoms with Gasteiger partial charge in [0.05, 0.1) is 7.11 Å². The molecule has 2 rings (SSSR count). The molecule has 1 aromatic carbocycles. The fourth-order valence-electron chi connectivity index (χ4n) is 2.56. The van der Waals surface area contributed by atoms with Gasteiger partial charge in [0.1, 0.15) is 5.75 Å². The maximum absolute atomic E-state index is 5.48. The number of hydrogen-bond donors (Lipinski definition) is 1. The van der Waals surface area contributed by atoms with Gasteiger partial charge in [0.2, 0.25) is 0 Å². The minimum Gasteiger partial charge on any atom is -0.496 e. The van der Waals surface area contributed by atoms with Crippen molar-refractivity contribution >= 4 is 0 Å². The smallest absolute Gasteiger partial charge is 0.123 e. The van der Waals surface area contributed by atoms with Crippen LogP contribution >= 0.6 is 0 Å². The maximum Gasteiger partial charge on any atom is 0.123 e. The molecule has 0 amide bonds. The zero-order chi connectivity index (χ0) is 13.0. The Bertz CT molecular complexity index is 425. The van der Waals surface area contributed by atoms with E-state index in [-0.39, 0.29) is 0 Å². The lowest BCUT2D eigenvalue weighted by Crippen LogP contribution is -2.32. The number of nitrogens with one attached hydrogen (secondary N) is 1. The van der Waals surface area contributed by atoms with E-state index in [9.17, 15) is 0 Å². The molecule has 18 heavy (non-hydrogen) atoms. The summed E-state index contributed by atoms with van der Waals surface area (Å²) in [5.74, 6) is 0.987. The van der Waals surface area contributed by atoms with Crippen molar-refractivity contribution in [3.05, 3.63) is 41.5 Å². The van der Waals surface area contributed by atoms with Crippen LogP contribution in [0.5, 0.6) is 5.75 Å². The Morgan fingerprint density at radius 1 is 1.33 bits per heavy atom. The van der Waals surface area contributed by atoms with Crippen LogP contribution in [-0.4, -0.2) is 13.2 Å². The van der Waals surface area contributed by atoms with Crippen molar-refractivity contribution in [2.45, 2.75) is 45.2 Å². The van der Waals surface area contributed by atoms with Crippen molar-refractivity contribution in [3.8, 4) is 5.75 Å². The molecular weight excluding hydrogens is 222 g/mol. The van der Waals surface area contributed by atoms with Crippen molar-refractivity contribution in [1.29, 1.82) is 0 Å². The van der Waals surface area contributed by atoms with Crippen molar-refractivity contribution in [2.75, 3.05) is 7.11 Å². The molecule has 0 spiro atoms. The third kappa shape index (κ3) is 3.14. The summed E-state index contributed by atoms with van der Waals surface area (Å²) in [6, 6.07) is 7.35. The van der Waals surface area contributed by atoms with Gasteiger partial charge in [-0.2, -0.15) is 0 Å². The van der Waals surface area contributed by atoms with Gasteiger partial charge >= 0.3 is 0 Å². The van der Waals surface area contributed by atoms with Crippen LogP contribution < -0.4 is 10.1 Å². The molecule has 0 fully saturated rings. The Morgan fingerprint density at radius 3 is 2.83 bits per heavy atom. The Morgan fingerprint density at radius 2 is 2.17 bits per heavy atom. The second kappa shape index (κ2) is 6.05. The number of rotatable bonds is 4. The predicted molar refractivity (Wildman–Crippen MR) is 76.1 cm³/mol. The van der Waals surface area contributed by atoms with Crippen molar-refractivity contribution in [1.82, 2.24) is 5.32 Å². The Balaban J connectivity index is 2.07. The molecule has 0 aromatic heterocycles. The van der Waals surface area contributed by atoms with E-state index in [0.29, 0.717) is 12.1 Å². The first kappa shape index (κ1) is 13.2. The number of hydrogen-bond acceptors (Lipinski definition) is 2. The van der Waals surface area contributed by atoms with E-state index in [1.54, 1.807) is 7.11 Å². The summed E-state index contributed by atoms with van der Waals surface area (Å²) >= 11 is 0. The van der Waals surface area contributed by atoms with Gasteiger partial charge in [0.25, 0.3) is 0 Å². The van der Waals surface area contributed by atoms with E-state index in [1.807, 2.05) is 0 Å². The minimum absolute atomic E-state index is 0.331. The van der Waals surface area contributed by atoms with Gasteiger partial charge in [-0.05, 0) is 44.7 Å². The molecule has 1 aliphatic carbocycles. The zero-order valence-electron chi connectivity index (χ0n) is 11.6. The van der Waals surface area contributed by atoms with Crippen LogP contribution in [0.25, 0.3) is 0 Å². The van der Waals surface area contributed by atoms with Gasteiger partial charge in [0, 0.05) is 17.6 Å². The van der Waals surface area contributed by atoms with Crippen LogP contribution in [-0.2, 0) is 0 Å². The second-order valence-corrected chi connectivity index (χ2v) is 5.12. The van der Waals surface area contributed by atoms with Crippen molar-refractivity contribution in [3.63, 3.8) is 0 Å². The topological polar surface area (TPSA) is 21.3 Å². The first-order valence-electron chi connectivity index (χ1n) is 6.76. The zero-order valence-corrected chi connectivity index (χ0v) is 11.6. The summed E-state index contributed by atoms with van der Waals surface area (Å²) in [4.78, 5) is 0. The van der Waals surface area contributed by atoms with E-state index in [4.69, 9.17) is 4.74 Å². The average Bonchev–Trinajstić information content (AvgIpc) is 2.39. The normalized spacial score (nSPS) is 20.7. The van der Waals surface area contributed by atoms with Gasteiger partial charge in [-0.3, -0.25) is 0 Å². The summed E-state index contributed by atoms with van der Waals surface area (Å²) in [5, 5.41) is 3.70. The Hall–Kier alpha value is -1.28. The predicted octanol–water partition coefficient (Wildman–Crippen LogP) is 3.76. The molecule has 0 bridgehead atoms. The van der Waals surface area contributed by atoms with Gasteiger partial charge in [-0.25, -0.2) is 0 Å². The van der Waals surface area contributed by atoms with Gasteiger partial charge in [0.15, 0.2) is 0 Å². The van der Waals surface area contributed by atoms with Crippen LogP contribution in [0.3, 0.4) is 0 Å². The summed E-state index contributed by atoms with van der Waals surface area (Å²) < 4.78 is 5.48. The van der Waals surface area contributed by atoms with Gasteiger partial charge in [-0.15, -0.1) is 0 Å². The lowest BCUT2D eigenvalue weighted by Gasteiger charge is -2.25. The highest BCUT2D eigenvalue weighted by molar-refractivity contribution is 5.39. The van der Waals surface area contributed by atoms with Crippen molar-refractivity contribution < 1.29 is 4.74 Å². The van der Waals surface area contributed by atoms with Crippen LogP contribution in [0, 0.1) is 6.92 Å². The number of benzene rings is 1. The minimum atomic E-state index is 0.331. The van der Waals surface area contributed by atoms with Crippen LogP contribution in [0.4, 0.5) is 0 Å². The Labute approximate surface area is 110 Å². The average molecular weight is 245 g/mol. The van der Waals surface area contributed by atoms with E-state index in [2.05, 4.69) is 49.5 Å². The largest absolute Gasteiger partial charge is 0.496 e. The molecule has 2 nitrogen and oxygen atoms in total. The number of allylic oxidation sites excluding steroid dienone is 1. The highest BCUT2D eigenvalue weighted by Crippen LogP contribution is 2.27. The summed E-state index contributed by atoms with van der Waals surface area (Å²) in [6.07, 6.45) is 8.11. The fraction of sp³-hybridized carbons (Fsp3) is 0.500. The highest BCUT2D eigenvalue weighted by atomic mass is 16.5. The quantitative estimate of drug-likeness (QED) is 0.815. The molecule has 2 heteroatoms. The molecule has 1 N–H and O–H groups in total. The third-order valence-electron chi connectivity index (χ3n) is 3.61. The van der Waals surface area contributed by atoms with Crippen LogP contribution in [0.1, 0.15) is 43.4 Å². The van der Waals surface area contributed by atoms with Crippen molar-refractivity contribution in [2.24, 2.45) is 0 Å². The van der Waals surface area contributed by atoms with E-state index in [1.165, 1.54) is 24.0 Å². The number of ether oxygens (including phenoxy) is 1. The van der Waals surface area contributed by atoms with E-state index in [0.717, 1.165) is 12.2 Å². The first-order valence-corrected chi connectivity index (χ1v) is 6.76. The lowest BCUT2D eigenvalue weighted by molar-refractivity contribution is 0.385. The van der Waals surface area contributed by atoms with Crippen LogP contribution in [0.15, 0.2) is 30.4 Å². The molecule has 0 saturated carbocycles. The molecule has 0 aliphatic heterocycles. The number of methoxy groups -OCH3 is 1. The maximum atomic E-state index is 5.48. The molecule has 0 saturated heterocycles. The number of aryl methyl sites for hydroxylation is 1. The third-order valence-corrected chi connectivity index (χ3v) is 3.61. The highest BCUT2D eigenvalue weighted by Gasteiger charge is 2.16. The Kier molecular flexibility index (Phi) is 4.43. The second-order valence-electron chi connectivity index (χ2n) is 5.12. The molecule has 1 aromatic rings. The summed E-state index contributed by atoms with van der Waals surface area (Å²) in [7, 11) is 1.74. The SMILES string of the molecule is COc1cc(C)ccc1C(C)NC1CC=CCC1. The molecule has 2 unspecified atom stereocenters. The molecule has 1 aliphatic rings.